The van der Waals surface area contributed by atoms with E-state index in [1.165, 1.54) is 0 Å². The van der Waals surface area contributed by atoms with Gasteiger partial charge in [0.15, 0.2) is 0 Å². The molecule has 1 atom stereocenters. The summed E-state index contributed by atoms with van der Waals surface area (Å²) in [6.07, 6.45) is 4.65. The number of hydrogen-bond acceptors (Lipinski definition) is 3. The summed E-state index contributed by atoms with van der Waals surface area (Å²) in [6.45, 7) is 5.83. The van der Waals surface area contributed by atoms with E-state index in [-0.39, 0.29) is 6.03 Å². The number of carbonyl (C=O) groups excluding carboxylic acids is 1. The van der Waals surface area contributed by atoms with E-state index < -0.39 is 0 Å². The molecule has 2 rings (SSSR count). The lowest BCUT2D eigenvalue weighted by Gasteiger charge is -2.24. The zero-order chi connectivity index (χ0) is 14.4. The van der Waals surface area contributed by atoms with Crippen LogP contribution in [0.4, 0.5) is 4.79 Å². The predicted molar refractivity (Wildman–Crippen MR) is 83.0 cm³/mol. The van der Waals surface area contributed by atoms with E-state index >= 15 is 0 Å². The van der Waals surface area contributed by atoms with Crippen molar-refractivity contribution >= 4 is 17.8 Å². The van der Waals surface area contributed by atoms with E-state index in [9.17, 15) is 4.79 Å². The molecular formula is C15H24N2O2S. The Labute approximate surface area is 125 Å². The van der Waals surface area contributed by atoms with Crippen molar-refractivity contribution in [2.45, 2.75) is 44.4 Å². The Morgan fingerprint density at radius 1 is 1.50 bits per heavy atom. The number of thioether (sulfide) groups is 1. The SMILES string of the molecule is CCC(CC)NC(=O)N1CCSC(c2ccco2)CC1. The van der Waals surface area contributed by atoms with Crippen molar-refractivity contribution in [3.05, 3.63) is 24.2 Å². The molecule has 2 amide bonds. The molecule has 1 saturated heterocycles. The predicted octanol–water partition coefficient (Wildman–Crippen LogP) is 3.66. The van der Waals surface area contributed by atoms with Gasteiger partial charge in [-0.2, -0.15) is 0 Å². The molecule has 2 heterocycles. The third-order valence-corrected chi connectivity index (χ3v) is 5.09. The number of carbonyl (C=O) groups is 1. The number of nitrogens with zero attached hydrogens (tertiary/aromatic N) is 1. The van der Waals surface area contributed by atoms with Crippen LogP contribution in [0.3, 0.4) is 0 Å². The summed E-state index contributed by atoms with van der Waals surface area (Å²) in [7, 11) is 0. The highest BCUT2D eigenvalue weighted by atomic mass is 32.2. The summed E-state index contributed by atoms with van der Waals surface area (Å²) in [5, 5.41) is 3.49. The molecule has 0 saturated carbocycles. The van der Waals surface area contributed by atoms with Gasteiger partial charge in [0.05, 0.1) is 11.5 Å². The average Bonchev–Trinajstić information content (AvgIpc) is 2.89. The Hall–Kier alpha value is -1.10. The standard InChI is InChI=1S/C15H24N2O2S/c1-3-12(4-2)16-15(18)17-8-7-14(20-11-9-17)13-6-5-10-19-13/h5-6,10,12,14H,3-4,7-9,11H2,1-2H3,(H,16,18). The van der Waals surface area contributed by atoms with Crippen LogP contribution in [0, 0.1) is 0 Å². The quantitative estimate of drug-likeness (QED) is 0.922. The summed E-state index contributed by atoms with van der Waals surface area (Å²) < 4.78 is 5.48. The second-order valence-corrected chi connectivity index (χ2v) is 6.42. The van der Waals surface area contributed by atoms with Crippen LogP contribution in [0.15, 0.2) is 22.8 Å². The lowest BCUT2D eigenvalue weighted by Crippen LogP contribution is -2.45. The average molecular weight is 296 g/mol. The van der Waals surface area contributed by atoms with E-state index in [0.717, 1.165) is 43.9 Å². The summed E-state index contributed by atoms with van der Waals surface area (Å²) in [5.41, 5.74) is 0. The minimum absolute atomic E-state index is 0.0828. The van der Waals surface area contributed by atoms with E-state index in [4.69, 9.17) is 4.42 Å². The lowest BCUT2D eigenvalue weighted by molar-refractivity contribution is 0.196. The third kappa shape index (κ3) is 3.95. The molecule has 0 bridgehead atoms. The first-order chi connectivity index (χ1) is 9.74. The third-order valence-electron chi connectivity index (χ3n) is 3.80. The zero-order valence-corrected chi connectivity index (χ0v) is 13.1. The molecule has 1 N–H and O–H groups in total. The van der Waals surface area contributed by atoms with Crippen LogP contribution in [0.25, 0.3) is 0 Å². The molecule has 1 aromatic heterocycles. The minimum Gasteiger partial charge on any atom is -0.468 e. The highest BCUT2D eigenvalue weighted by molar-refractivity contribution is 7.99. The number of hydrogen-bond donors (Lipinski definition) is 1. The Kier molecular flexibility index (Phi) is 5.83. The first-order valence-corrected chi connectivity index (χ1v) is 8.49. The molecule has 1 aliphatic rings. The Balaban J connectivity index is 1.87. The summed E-state index contributed by atoms with van der Waals surface area (Å²) in [6, 6.07) is 4.33. The van der Waals surface area contributed by atoms with Gasteiger partial charge in [0.1, 0.15) is 5.76 Å². The normalized spacial score (nSPS) is 19.9. The lowest BCUT2D eigenvalue weighted by atomic mass is 10.2. The first-order valence-electron chi connectivity index (χ1n) is 7.45. The molecule has 112 valence electrons. The fourth-order valence-corrected chi connectivity index (χ4v) is 3.61. The molecule has 20 heavy (non-hydrogen) atoms. The van der Waals surface area contributed by atoms with Gasteiger partial charge in [0.2, 0.25) is 0 Å². The summed E-state index contributed by atoms with van der Waals surface area (Å²) in [4.78, 5) is 14.2. The highest BCUT2D eigenvalue weighted by Crippen LogP contribution is 2.34. The topological polar surface area (TPSA) is 45.5 Å². The molecule has 0 spiro atoms. The van der Waals surface area contributed by atoms with Crippen LogP contribution in [-0.2, 0) is 0 Å². The fraction of sp³-hybridized carbons (Fsp3) is 0.667. The van der Waals surface area contributed by atoms with Gasteiger partial charge in [-0.25, -0.2) is 4.79 Å². The Morgan fingerprint density at radius 2 is 2.30 bits per heavy atom. The van der Waals surface area contributed by atoms with Crippen molar-refractivity contribution in [2.24, 2.45) is 0 Å². The van der Waals surface area contributed by atoms with Crippen LogP contribution in [0.5, 0.6) is 0 Å². The van der Waals surface area contributed by atoms with Crippen molar-refractivity contribution in [1.82, 2.24) is 10.2 Å². The Bertz CT molecular complexity index is 404. The van der Waals surface area contributed by atoms with Crippen molar-refractivity contribution in [1.29, 1.82) is 0 Å². The molecule has 1 aromatic rings. The largest absolute Gasteiger partial charge is 0.468 e. The van der Waals surface area contributed by atoms with Crippen LogP contribution < -0.4 is 5.32 Å². The molecule has 0 aromatic carbocycles. The second kappa shape index (κ2) is 7.62. The molecule has 1 unspecified atom stereocenters. The first kappa shape index (κ1) is 15.3. The molecule has 5 heteroatoms. The zero-order valence-electron chi connectivity index (χ0n) is 12.3. The van der Waals surface area contributed by atoms with Gasteiger partial charge in [-0.15, -0.1) is 11.8 Å². The van der Waals surface area contributed by atoms with Gasteiger partial charge in [0, 0.05) is 24.9 Å². The molecule has 4 nitrogen and oxygen atoms in total. The van der Waals surface area contributed by atoms with Gasteiger partial charge in [-0.3, -0.25) is 0 Å². The van der Waals surface area contributed by atoms with Gasteiger partial charge in [-0.1, -0.05) is 13.8 Å². The smallest absolute Gasteiger partial charge is 0.317 e. The van der Waals surface area contributed by atoms with E-state index in [2.05, 4.69) is 19.2 Å². The maximum absolute atomic E-state index is 12.3. The van der Waals surface area contributed by atoms with Gasteiger partial charge in [0.25, 0.3) is 0 Å². The molecular weight excluding hydrogens is 272 g/mol. The monoisotopic (exact) mass is 296 g/mol. The van der Waals surface area contributed by atoms with E-state index in [1.54, 1.807) is 6.26 Å². The van der Waals surface area contributed by atoms with E-state index in [1.807, 2.05) is 28.8 Å². The minimum atomic E-state index is 0.0828. The number of amides is 2. The van der Waals surface area contributed by atoms with Crippen LogP contribution in [0.2, 0.25) is 0 Å². The molecule has 0 radical (unpaired) electrons. The van der Waals surface area contributed by atoms with Gasteiger partial charge in [-0.05, 0) is 31.4 Å². The number of nitrogens with one attached hydrogen (secondary N) is 1. The Morgan fingerprint density at radius 3 is 2.95 bits per heavy atom. The number of urea groups is 1. The molecule has 1 fully saturated rings. The van der Waals surface area contributed by atoms with Crippen LogP contribution in [-0.4, -0.2) is 35.8 Å². The summed E-state index contributed by atoms with van der Waals surface area (Å²) in [5.74, 6) is 1.99. The highest BCUT2D eigenvalue weighted by Gasteiger charge is 2.24. The van der Waals surface area contributed by atoms with Crippen molar-refractivity contribution in [2.75, 3.05) is 18.8 Å². The van der Waals surface area contributed by atoms with Crippen molar-refractivity contribution in [3.8, 4) is 0 Å². The number of furan rings is 1. The van der Waals surface area contributed by atoms with Crippen LogP contribution >= 0.6 is 11.8 Å². The fourth-order valence-electron chi connectivity index (χ4n) is 2.43. The van der Waals surface area contributed by atoms with Crippen molar-refractivity contribution in [3.63, 3.8) is 0 Å². The maximum Gasteiger partial charge on any atom is 0.317 e. The van der Waals surface area contributed by atoms with E-state index in [0.29, 0.717) is 11.3 Å². The van der Waals surface area contributed by atoms with Gasteiger partial charge >= 0.3 is 6.03 Å². The van der Waals surface area contributed by atoms with Gasteiger partial charge < -0.3 is 14.6 Å². The molecule has 0 aliphatic carbocycles. The second-order valence-electron chi connectivity index (χ2n) is 5.11. The maximum atomic E-state index is 12.3. The van der Waals surface area contributed by atoms with Crippen molar-refractivity contribution < 1.29 is 9.21 Å². The molecule has 1 aliphatic heterocycles. The number of rotatable bonds is 4. The summed E-state index contributed by atoms with van der Waals surface area (Å²) >= 11 is 1.88. The van der Waals surface area contributed by atoms with Crippen LogP contribution in [0.1, 0.15) is 44.1 Å².